The quantitative estimate of drug-likeness (QED) is 0.788. The molecule has 3 rings (SSSR count). The third kappa shape index (κ3) is 2.82. The van der Waals surface area contributed by atoms with Crippen molar-refractivity contribution < 1.29 is 14.6 Å². The third-order valence-electron chi connectivity index (χ3n) is 4.45. The molecule has 2 heterocycles. The minimum Gasteiger partial charge on any atom is -0.488 e. The molecule has 1 aromatic heterocycles. The molecule has 1 aliphatic rings. The van der Waals surface area contributed by atoms with Crippen LogP contribution in [0.3, 0.4) is 0 Å². The summed E-state index contributed by atoms with van der Waals surface area (Å²) in [6, 6.07) is 7.35. The van der Waals surface area contributed by atoms with Crippen molar-refractivity contribution in [2.75, 3.05) is 6.61 Å². The molecule has 6 heteroatoms. The lowest BCUT2D eigenvalue weighted by Crippen LogP contribution is -2.42. The fourth-order valence-electron chi connectivity index (χ4n) is 2.75. The number of nitrogens with one attached hydrogen (secondary N) is 2. The maximum atomic E-state index is 12.5. The van der Waals surface area contributed by atoms with Crippen LogP contribution in [0.2, 0.25) is 0 Å². The first-order valence-corrected chi connectivity index (χ1v) is 7.86. The van der Waals surface area contributed by atoms with Crippen LogP contribution >= 0.6 is 0 Å². The van der Waals surface area contributed by atoms with Gasteiger partial charge in [-0.2, -0.15) is 5.10 Å². The molecule has 1 aliphatic heterocycles. The lowest BCUT2D eigenvalue weighted by molar-refractivity contribution is 0.0884. The van der Waals surface area contributed by atoms with Gasteiger partial charge in [0, 0.05) is 11.1 Å². The fourth-order valence-corrected chi connectivity index (χ4v) is 2.75. The summed E-state index contributed by atoms with van der Waals surface area (Å²) in [5.74, 6) is 0.701. The monoisotopic (exact) mass is 315 g/mol. The van der Waals surface area contributed by atoms with Crippen LogP contribution in [0, 0.1) is 5.92 Å². The molecule has 0 fully saturated rings. The molecule has 0 aliphatic carbocycles. The smallest absolute Gasteiger partial charge is 0.270 e. The second-order valence-electron chi connectivity index (χ2n) is 5.86. The van der Waals surface area contributed by atoms with Crippen LogP contribution in [0.25, 0.3) is 11.3 Å². The summed E-state index contributed by atoms with van der Waals surface area (Å²) in [7, 11) is 0. The number of ether oxygens (including phenoxy) is 1. The maximum absolute atomic E-state index is 12.5. The van der Waals surface area contributed by atoms with Crippen LogP contribution < -0.4 is 10.1 Å². The highest BCUT2D eigenvalue weighted by atomic mass is 16.5. The Kier molecular flexibility index (Phi) is 4.34. The number of fused-ring (bicyclic) bond motifs is 3. The zero-order valence-corrected chi connectivity index (χ0v) is 13.3. The molecule has 0 saturated heterocycles. The molecule has 0 bridgehead atoms. The van der Waals surface area contributed by atoms with E-state index in [9.17, 15) is 9.90 Å². The number of hydrogen-bond acceptors (Lipinski definition) is 4. The molecule has 0 unspecified atom stereocenters. The number of para-hydroxylation sites is 1. The van der Waals surface area contributed by atoms with Gasteiger partial charge in [0.15, 0.2) is 0 Å². The Morgan fingerprint density at radius 1 is 1.48 bits per heavy atom. The largest absolute Gasteiger partial charge is 0.488 e. The highest BCUT2D eigenvalue weighted by molar-refractivity contribution is 5.96. The predicted molar refractivity (Wildman–Crippen MR) is 86.2 cm³/mol. The van der Waals surface area contributed by atoms with Crippen molar-refractivity contribution >= 4 is 5.91 Å². The van der Waals surface area contributed by atoms with Crippen molar-refractivity contribution in [2.45, 2.75) is 32.9 Å². The first kappa shape index (κ1) is 15.6. The molecule has 23 heavy (non-hydrogen) atoms. The van der Waals surface area contributed by atoms with Crippen molar-refractivity contribution in [3.63, 3.8) is 0 Å². The Morgan fingerprint density at radius 3 is 3.00 bits per heavy atom. The van der Waals surface area contributed by atoms with Gasteiger partial charge in [0.1, 0.15) is 23.7 Å². The van der Waals surface area contributed by atoms with Crippen molar-refractivity contribution in [1.82, 2.24) is 15.5 Å². The van der Waals surface area contributed by atoms with Gasteiger partial charge in [0.05, 0.1) is 12.6 Å². The number of benzene rings is 1. The molecular weight excluding hydrogens is 294 g/mol. The summed E-state index contributed by atoms with van der Waals surface area (Å²) in [5, 5.41) is 19.5. The second-order valence-corrected chi connectivity index (χ2v) is 5.86. The number of aliphatic hydroxyl groups is 1. The lowest BCUT2D eigenvalue weighted by atomic mass is 9.99. The lowest BCUT2D eigenvalue weighted by Gasteiger charge is -2.22. The number of carbonyl (C=O) groups is 1. The average molecular weight is 315 g/mol. The topological polar surface area (TPSA) is 87.2 Å². The minimum atomic E-state index is -0.275. The van der Waals surface area contributed by atoms with Crippen LogP contribution in [-0.2, 0) is 6.61 Å². The third-order valence-corrected chi connectivity index (χ3v) is 4.45. The molecule has 2 atom stereocenters. The normalized spacial score (nSPS) is 15.1. The van der Waals surface area contributed by atoms with E-state index in [-0.39, 0.29) is 24.5 Å². The van der Waals surface area contributed by atoms with Gasteiger partial charge in [0.2, 0.25) is 0 Å². The van der Waals surface area contributed by atoms with Crippen molar-refractivity contribution in [2.24, 2.45) is 5.92 Å². The average Bonchev–Trinajstić information content (AvgIpc) is 3.03. The van der Waals surface area contributed by atoms with Gasteiger partial charge in [-0.25, -0.2) is 0 Å². The Labute approximate surface area is 134 Å². The van der Waals surface area contributed by atoms with E-state index in [0.29, 0.717) is 12.3 Å². The van der Waals surface area contributed by atoms with E-state index in [1.807, 2.05) is 38.1 Å². The molecular formula is C17H21N3O3. The molecule has 6 nitrogen and oxygen atoms in total. The summed E-state index contributed by atoms with van der Waals surface area (Å²) < 4.78 is 5.71. The molecule has 0 saturated carbocycles. The zero-order valence-electron chi connectivity index (χ0n) is 13.3. The fraction of sp³-hybridized carbons (Fsp3) is 0.412. The van der Waals surface area contributed by atoms with Gasteiger partial charge in [0.25, 0.3) is 5.91 Å². The van der Waals surface area contributed by atoms with Crippen molar-refractivity contribution in [3.05, 3.63) is 35.5 Å². The SMILES string of the molecule is CC[C@@H](C)[C@H](CO)NC(=O)c1[nH]nc2c1COc1ccccc1-2. The summed E-state index contributed by atoms with van der Waals surface area (Å²) in [6.07, 6.45) is 0.878. The second kappa shape index (κ2) is 6.42. The van der Waals surface area contributed by atoms with Crippen LogP contribution in [0.4, 0.5) is 0 Å². The first-order chi connectivity index (χ1) is 11.2. The predicted octanol–water partition coefficient (Wildman–Crippen LogP) is 2.11. The molecule has 3 N–H and O–H groups in total. The van der Waals surface area contributed by atoms with Gasteiger partial charge in [-0.3, -0.25) is 9.89 Å². The highest BCUT2D eigenvalue weighted by Crippen LogP contribution is 2.36. The number of aromatic amines is 1. The number of aliphatic hydroxyl groups excluding tert-OH is 1. The summed E-state index contributed by atoms with van der Waals surface area (Å²) in [4.78, 5) is 12.5. The van der Waals surface area contributed by atoms with Crippen molar-refractivity contribution in [1.29, 1.82) is 0 Å². The Morgan fingerprint density at radius 2 is 2.26 bits per heavy atom. The highest BCUT2D eigenvalue weighted by Gasteiger charge is 2.27. The first-order valence-electron chi connectivity index (χ1n) is 7.86. The maximum Gasteiger partial charge on any atom is 0.270 e. The van der Waals surface area contributed by atoms with E-state index in [1.54, 1.807) is 0 Å². The Balaban J connectivity index is 1.86. The summed E-state index contributed by atoms with van der Waals surface area (Å²) in [5.41, 5.74) is 2.78. The molecule has 2 aromatic rings. The Bertz CT molecular complexity index is 711. The molecule has 1 aromatic carbocycles. The van der Waals surface area contributed by atoms with Crippen LogP contribution in [0.1, 0.15) is 36.3 Å². The van der Waals surface area contributed by atoms with Gasteiger partial charge in [-0.1, -0.05) is 32.4 Å². The van der Waals surface area contributed by atoms with Gasteiger partial charge in [-0.05, 0) is 18.1 Å². The van der Waals surface area contributed by atoms with E-state index in [0.717, 1.165) is 29.0 Å². The number of H-pyrrole nitrogens is 1. The molecule has 122 valence electrons. The number of hydrogen-bond donors (Lipinski definition) is 3. The standard InChI is InChI=1S/C17H21N3O3/c1-3-10(2)13(8-21)18-17(22)16-12-9-23-14-7-5-4-6-11(14)15(12)19-20-16/h4-7,10,13,21H,3,8-9H2,1-2H3,(H,18,22)(H,19,20)/t10-,13+/m1/s1. The zero-order chi connectivity index (χ0) is 16.4. The molecule has 1 amide bonds. The van der Waals surface area contributed by atoms with Crippen LogP contribution in [0.5, 0.6) is 5.75 Å². The van der Waals surface area contributed by atoms with Crippen LogP contribution in [0.15, 0.2) is 24.3 Å². The summed E-state index contributed by atoms with van der Waals surface area (Å²) >= 11 is 0. The number of nitrogens with zero attached hydrogens (tertiary/aromatic N) is 1. The molecule has 0 radical (unpaired) electrons. The van der Waals surface area contributed by atoms with E-state index in [2.05, 4.69) is 15.5 Å². The number of amides is 1. The van der Waals surface area contributed by atoms with Gasteiger partial charge >= 0.3 is 0 Å². The van der Waals surface area contributed by atoms with E-state index in [1.165, 1.54) is 0 Å². The van der Waals surface area contributed by atoms with Crippen LogP contribution in [-0.4, -0.2) is 33.9 Å². The van der Waals surface area contributed by atoms with E-state index < -0.39 is 0 Å². The van der Waals surface area contributed by atoms with E-state index >= 15 is 0 Å². The summed E-state index contributed by atoms with van der Waals surface area (Å²) in [6.45, 7) is 4.25. The molecule has 0 spiro atoms. The number of rotatable bonds is 5. The minimum absolute atomic E-state index is 0.0869. The Hall–Kier alpha value is -2.34. The van der Waals surface area contributed by atoms with Gasteiger partial charge < -0.3 is 15.2 Å². The number of aromatic nitrogens is 2. The van der Waals surface area contributed by atoms with E-state index in [4.69, 9.17) is 4.74 Å². The number of carbonyl (C=O) groups excluding carboxylic acids is 1. The van der Waals surface area contributed by atoms with Gasteiger partial charge in [-0.15, -0.1) is 0 Å². The van der Waals surface area contributed by atoms with Crippen molar-refractivity contribution in [3.8, 4) is 17.0 Å².